The van der Waals surface area contributed by atoms with Gasteiger partial charge in [-0.15, -0.1) is 10.2 Å². The van der Waals surface area contributed by atoms with E-state index in [-0.39, 0.29) is 12.1 Å². The maximum absolute atomic E-state index is 12.7. The minimum absolute atomic E-state index is 0.0507. The summed E-state index contributed by atoms with van der Waals surface area (Å²) in [6, 6.07) is 15.7. The smallest absolute Gasteiger partial charge is 0.322 e. The molecule has 2 heterocycles. The largest absolute Gasteiger partial charge is 0.486 e. The van der Waals surface area contributed by atoms with Gasteiger partial charge in [-0.05, 0) is 50.1 Å². The van der Waals surface area contributed by atoms with Crippen LogP contribution in [-0.2, 0) is 13.1 Å². The predicted octanol–water partition coefficient (Wildman–Crippen LogP) is 4.08. The number of benzene rings is 2. The number of fused-ring (bicyclic) bond motifs is 1. The lowest BCUT2D eigenvalue weighted by molar-refractivity contribution is 0.195. The van der Waals surface area contributed by atoms with Crippen LogP contribution in [0.4, 0.5) is 10.5 Å². The molecule has 2 amide bonds. The van der Waals surface area contributed by atoms with Gasteiger partial charge in [-0.25, -0.2) is 4.79 Å². The standard InChI is InChI=1S/C22H25N5O2/c1-15-13-19(29-16(2)18-7-5-4-6-8-18)9-10-20(15)23-22(28)26-11-12-27-17(3)24-25-21(27)14-26/h4-10,13,16H,11-12,14H2,1-3H3,(H,23,28). The van der Waals surface area contributed by atoms with Gasteiger partial charge in [0.1, 0.15) is 17.7 Å². The monoisotopic (exact) mass is 391 g/mol. The number of anilines is 1. The third-order valence-corrected chi connectivity index (χ3v) is 5.25. The molecule has 0 saturated heterocycles. The van der Waals surface area contributed by atoms with Gasteiger partial charge in [0.05, 0.1) is 6.54 Å². The highest BCUT2D eigenvalue weighted by molar-refractivity contribution is 5.90. The zero-order valence-electron chi connectivity index (χ0n) is 16.9. The van der Waals surface area contributed by atoms with Crippen molar-refractivity contribution in [3.05, 3.63) is 71.3 Å². The second-order valence-corrected chi connectivity index (χ2v) is 7.31. The predicted molar refractivity (Wildman–Crippen MR) is 111 cm³/mol. The van der Waals surface area contributed by atoms with Crippen LogP contribution in [0.25, 0.3) is 0 Å². The first-order valence-corrected chi connectivity index (χ1v) is 9.78. The van der Waals surface area contributed by atoms with Crippen LogP contribution in [-0.4, -0.2) is 32.2 Å². The molecule has 29 heavy (non-hydrogen) atoms. The maximum Gasteiger partial charge on any atom is 0.322 e. The fraction of sp³-hybridized carbons (Fsp3) is 0.318. The van der Waals surface area contributed by atoms with Crippen LogP contribution >= 0.6 is 0 Å². The van der Waals surface area contributed by atoms with Crippen LogP contribution in [0.1, 0.15) is 35.8 Å². The van der Waals surface area contributed by atoms with E-state index in [0.29, 0.717) is 19.6 Å². The summed E-state index contributed by atoms with van der Waals surface area (Å²) in [7, 11) is 0. The number of rotatable bonds is 4. The van der Waals surface area contributed by atoms with Gasteiger partial charge >= 0.3 is 6.03 Å². The molecule has 0 bridgehead atoms. The lowest BCUT2D eigenvalue weighted by atomic mass is 10.1. The molecule has 2 aromatic carbocycles. The van der Waals surface area contributed by atoms with E-state index in [9.17, 15) is 4.79 Å². The van der Waals surface area contributed by atoms with Crippen LogP contribution < -0.4 is 10.1 Å². The molecule has 4 rings (SSSR count). The summed E-state index contributed by atoms with van der Waals surface area (Å²) in [6.45, 7) is 7.72. The first-order chi connectivity index (χ1) is 14.0. The van der Waals surface area contributed by atoms with Crippen LogP contribution in [0.3, 0.4) is 0 Å². The van der Waals surface area contributed by atoms with E-state index >= 15 is 0 Å². The van der Waals surface area contributed by atoms with Crippen molar-refractivity contribution in [1.82, 2.24) is 19.7 Å². The number of carbonyl (C=O) groups excluding carboxylic acids is 1. The molecule has 0 spiro atoms. The van der Waals surface area contributed by atoms with Crippen LogP contribution in [0.2, 0.25) is 0 Å². The molecule has 3 aromatic rings. The summed E-state index contributed by atoms with van der Waals surface area (Å²) in [5.74, 6) is 2.48. The van der Waals surface area contributed by atoms with Gasteiger partial charge in [0.25, 0.3) is 0 Å². The van der Waals surface area contributed by atoms with E-state index in [1.165, 1.54) is 0 Å². The molecule has 0 saturated carbocycles. The highest BCUT2D eigenvalue weighted by Crippen LogP contribution is 2.26. The Labute approximate surface area is 170 Å². The minimum atomic E-state index is -0.133. The molecular weight excluding hydrogens is 366 g/mol. The van der Waals surface area contributed by atoms with Crippen molar-refractivity contribution in [3.63, 3.8) is 0 Å². The highest BCUT2D eigenvalue weighted by atomic mass is 16.5. The summed E-state index contributed by atoms with van der Waals surface area (Å²) in [5, 5.41) is 11.2. The molecule has 1 N–H and O–H groups in total. The second kappa shape index (κ2) is 7.95. The lowest BCUT2D eigenvalue weighted by Crippen LogP contribution is -2.41. The molecule has 1 aliphatic rings. The average molecular weight is 391 g/mol. The van der Waals surface area contributed by atoms with E-state index in [0.717, 1.165) is 34.2 Å². The van der Waals surface area contributed by atoms with Crippen molar-refractivity contribution in [1.29, 1.82) is 0 Å². The van der Waals surface area contributed by atoms with Gasteiger partial charge in [0.2, 0.25) is 0 Å². The van der Waals surface area contributed by atoms with Crippen molar-refractivity contribution < 1.29 is 9.53 Å². The first kappa shape index (κ1) is 19.0. The van der Waals surface area contributed by atoms with Gasteiger partial charge in [-0.3, -0.25) is 0 Å². The molecule has 1 aliphatic heterocycles. The molecule has 0 aliphatic carbocycles. The van der Waals surface area contributed by atoms with Crippen molar-refractivity contribution in [3.8, 4) is 5.75 Å². The summed E-state index contributed by atoms with van der Waals surface area (Å²) in [4.78, 5) is 14.5. The Morgan fingerprint density at radius 1 is 1.10 bits per heavy atom. The quantitative estimate of drug-likeness (QED) is 0.727. The molecule has 150 valence electrons. The number of urea groups is 1. The second-order valence-electron chi connectivity index (χ2n) is 7.31. The zero-order chi connectivity index (χ0) is 20.4. The molecule has 1 unspecified atom stereocenters. The van der Waals surface area contributed by atoms with E-state index in [4.69, 9.17) is 4.74 Å². The summed E-state index contributed by atoms with van der Waals surface area (Å²) < 4.78 is 8.11. The zero-order valence-corrected chi connectivity index (χ0v) is 16.9. The topological polar surface area (TPSA) is 72.3 Å². The molecule has 7 heteroatoms. The number of carbonyl (C=O) groups is 1. The van der Waals surface area contributed by atoms with Gasteiger partial charge < -0.3 is 19.5 Å². The molecule has 7 nitrogen and oxygen atoms in total. The number of ether oxygens (including phenoxy) is 1. The molecular formula is C22H25N5O2. The number of nitrogens with zero attached hydrogens (tertiary/aromatic N) is 4. The summed E-state index contributed by atoms with van der Waals surface area (Å²) in [6.07, 6.45) is -0.0507. The van der Waals surface area contributed by atoms with Crippen molar-refractivity contribution in [2.45, 2.75) is 40.0 Å². The molecule has 1 atom stereocenters. The van der Waals surface area contributed by atoms with E-state index in [2.05, 4.69) is 20.1 Å². The molecule has 0 fully saturated rings. The number of aryl methyl sites for hydroxylation is 2. The summed E-state index contributed by atoms with van der Waals surface area (Å²) >= 11 is 0. The Bertz CT molecular complexity index is 1020. The SMILES string of the molecule is Cc1cc(OC(C)c2ccccc2)ccc1NC(=O)N1CCn2c(C)nnc2C1. The van der Waals surface area contributed by atoms with E-state index < -0.39 is 0 Å². The van der Waals surface area contributed by atoms with Gasteiger partial charge in [0, 0.05) is 18.8 Å². The Morgan fingerprint density at radius 3 is 2.66 bits per heavy atom. The number of nitrogens with one attached hydrogen (secondary N) is 1. The van der Waals surface area contributed by atoms with E-state index in [1.54, 1.807) is 4.90 Å². The van der Waals surface area contributed by atoms with Gasteiger partial charge in [-0.2, -0.15) is 0 Å². The highest BCUT2D eigenvalue weighted by Gasteiger charge is 2.23. The fourth-order valence-corrected chi connectivity index (χ4v) is 3.52. The number of hydrogen-bond acceptors (Lipinski definition) is 4. The van der Waals surface area contributed by atoms with Crippen molar-refractivity contribution in [2.24, 2.45) is 0 Å². The average Bonchev–Trinajstić information content (AvgIpc) is 3.11. The Kier molecular flexibility index (Phi) is 5.20. The molecule has 1 aromatic heterocycles. The van der Waals surface area contributed by atoms with Gasteiger partial charge in [0.15, 0.2) is 5.82 Å². The lowest BCUT2D eigenvalue weighted by Gasteiger charge is -2.28. The van der Waals surface area contributed by atoms with Crippen LogP contribution in [0, 0.1) is 13.8 Å². The van der Waals surface area contributed by atoms with Gasteiger partial charge in [-0.1, -0.05) is 30.3 Å². The van der Waals surface area contributed by atoms with Crippen molar-refractivity contribution >= 4 is 11.7 Å². The maximum atomic E-state index is 12.7. The fourth-order valence-electron chi connectivity index (χ4n) is 3.52. The Hall–Kier alpha value is -3.35. The van der Waals surface area contributed by atoms with Crippen molar-refractivity contribution in [2.75, 3.05) is 11.9 Å². The number of aromatic nitrogens is 3. The minimum Gasteiger partial charge on any atom is -0.486 e. The third-order valence-electron chi connectivity index (χ3n) is 5.25. The van der Waals surface area contributed by atoms with Crippen LogP contribution in [0.5, 0.6) is 5.75 Å². The normalized spacial score (nSPS) is 14.2. The number of amides is 2. The molecule has 0 radical (unpaired) electrons. The Morgan fingerprint density at radius 2 is 1.90 bits per heavy atom. The first-order valence-electron chi connectivity index (χ1n) is 9.78. The Balaban J connectivity index is 1.40. The summed E-state index contributed by atoms with van der Waals surface area (Å²) in [5.41, 5.74) is 2.85. The van der Waals surface area contributed by atoms with Crippen LogP contribution in [0.15, 0.2) is 48.5 Å². The number of hydrogen-bond donors (Lipinski definition) is 1. The third kappa shape index (κ3) is 4.08. The van der Waals surface area contributed by atoms with E-state index in [1.807, 2.05) is 69.3 Å².